The monoisotopic (exact) mass is 505 g/mol. The zero-order valence-corrected chi connectivity index (χ0v) is 19.9. The third-order valence-corrected chi connectivity index (χ3v) is 5.89. The van der Waals surface area contributed by atoms with Gasteiger partial charge < -0.3 is 18.9 Å². The summed E-state index contributed by atoms with van der Waals surface area (Å²) in [5.41, 5.74) is 0.152. The minimum atomic E-state index is -4.90. The number of esters is 1. The van der Waals surface area contributed by atoms with Crippen molar-refractivity contribution in [3.05, 3.63) is 42.5 Å². The first-order valence-electron chi connectivity index (χ1n) is 10.3. The van der Waals surface area contributed by atoms with Crippen LogP contribution >= 0.6 is 0 Å². The highest BCUT2D eigenvalue weighted by Crippen LogP contribution is 2.38. The Morgan fingerprint density at radius 1 is 1.03 bits per heavy atom. The molecule has 188 valence electrons. The van der Waals surface area contributed by atoms with Gasteiger partial charge >= 0.3 is 12.3 Å². The van der Waals surface area contributed by atoms with Gasteiger partial charge in [-0.1, -0.05) is 0 Å². The van der Waals surface area contributed by atoms with Crippen molar-refractivity contribution < 1.29 is 45.3 Å². The topological polar surface area (TPSA) is 91.4 Å². The molecule has 0 heterocycles. The van der Waals surface area contributed by atoms with Gasteiger partial charge in [-0.3, -0.25) is 4.79 Å². The summed E-state index contributed by atoms with van der Waals surface area (Å²) in [5, 5.41) is 0. The normalized spacial score (nSPS) is 11.8. The first-order valence-corrected chi connectivity index (χ1v) is 11.9. The van der Waals surface area contributed by atoms with Crippen molar-refractivity contribution >= 4 is 27.4 Å². The summed E-state index contributed by atoms with van der Waals surface area (Å²) in [4.78, 5) is 11.7. The summed E-state index contributed by atoms with van der Waals surface area (Å²) < 4.78 is 84.6. The minimum Gasteiger partial charge on any atom is -0.493 e. The smallest absolute Gasteiger partial charge is 0.493 e. The van der Waals surface area contributed by atoms with E-state index in [-0.39, 0.29) is 29.8 Å². The van der Waals surface area contributed by atoms with Crippen LogP contribution in [0.15, 0.2) is 42.5 Å². The summed E-state index contributed by atoms with van der Waals surface area (Å²) in [6, 6.07) is 8.70. The van der Waals surface area contributed by atoms with Crippen LogP contribution in [0.5, 0.6) is 17.2 Å². The second-order valence-corrected chi connectivity index (χ2v) is 9.12. The molecule has 0 saturated heterocycles. The predicted molar refractivity (Wildman–Crippen MR) is 119 cm³/mol. The zero-order valence-electron chi connectivity index (χ0n) is 19.1. The fourth-order valence-corrected chi connectivity index (χ4v) is 4.41. The molecule has 2 rings (SSSR count). The van der Waals surface area contributed by atoms with E-state index in [1.807, 2.05) is 13.8 Å². The van der Waals surface area contributed by atoms with Gasteiger partial charge in [0, 0.05) is 6.07 Å². The Kier molecular flexibility index (Phi) is 9.02. The van der Waals surface area contributed by atoms with E-state index in [1.165, 1.54) is 25.3 Å². The number of carbonyl (C=O) groups is 1. The Morgan fingerprint density at radius 2 is 1.65 bits per heavy atom. The molecule has 2 aromatic rings. The van der Waals surface area contributed by atoms with Crippen molar-refractivity contribution in [2.45, 2.75) is 39.7 Å². The molecule has 0 aromatic heterocycles. The molecular formula is C22H26F3NO7S. The largest absolute Gasteiger partial charge is 0.573 e. The quantitative estimate of drug-likeness (QED) is 0.405. The van der Waals surface area contributed by atoms with Gasteiger partial charge in [-0.15, -0.1) is 13.2 Å². The number of hydrogen-bond donors (Lipinski definition) is 0. The van der Waals surface area contributed by atoms with E-state index in [9.17, 15) is 26.4 Å². The number of rotatable bonds is 11. The van der Waals surface area contributed by atoms with Crippen LogP contribution in [0.4, 0.5) is 24.5 Å². The second-order valence-electron chi connectivity index (χ2n) is 7.18. The maximum atomic E-state index is 13.3. The Labute approximate surface area is 196 Å². The lowest BCUT2D eigenvalue weighted by Crippen LogP contribution is -2.30. The van der Waals surface area contributed by atoms with Crippen LogP contribution in [0.2, 0.25) is 0 Å². The van der Waals surface area contributed by atoms with E-state index in [1.54, 1.807) is 6.92 Å². The molecule has 0 aliphatic carbocycles. The number of sulfonamides is 1. The Balaban J connectivity index is 2.50. The first kappa shape index (κ1) is 27.1. The van der Waals surface area contributed by atoms with Crippen LogP contribution in [-0.4, -0.2) is 46.3 Å². The molecular weight excluding hydrogens is 479 g/mol. The van der Waals surface area contributed by atoms with Crippen LogP contribution in [0.3, 0.4) is 0 Å². The molecule has 0 aliphatic rings. The van der Waals surface area contributed by atoms with Crippen LogP contribution in [0.1, 0.15) is 27.2 Å². The summed E-state index contributed by atoms with van der Waals surface area (Å²) in [6.45, 7) is 5.31. The predicted octanol–water partition coefficient (Wildman–Crippen LogP) is 4.80. The van der Waals surface area contributed by atoms with Crippen LogP contribution in [0, 0.1) is 0 Å². The van der Waals surface area contributed by atoms with E-state index in [0.29, 0.717) is 5.75 Å². The van der Waals surface area contributed by atoms with Crippen LogP contribution < -0.4 is 18.5 Å². The SMILES string of the molecule is CCOC(=O)CCS(=O)(=O)N(c1ccc(OC(F)(F)F)cc1)c1ccc(OC(C)C)c(OC)c1. The van der Waals surface area contributed by atoms with Crippen molar-refractivity contribution in [1.82, 2.24) is 0 Å². The van der Waals surface area contributed by atoms with E-state index in [2.05, 4.69) is 4.74 Å². The summed E-state index contributed by atoms with van der Waals surface area (Å²) >= 11 is 0. The molecule has 0 unspecified atom stereocenters. The Bertz CT molecular complexity index is 1070. The lowest BCUT2D eigenvalue weighted by Gasteiger charge is -2.26. The molecule has 8 nitrogen and oxygen atoms in total. The molecule has 12 heteroatoms. The van der Waals surface area contributed by atoms with Gasteiger partial charge in [-0.2, -0.15) is 0 Å². The molecule has 0 N–H and O–H groups in total. The van der Waals surface area contributed by atoms with E-state index in [0.717, 1.165) is 28.6 Å². The van der Waals surface area contributed by atoms with Crippen molar-refractivity contribution in [1.29, 1.82) is 0 Å². The van der Waals surface area contributed by atoms with Gasteiger partial charge in [0.2, 0.25) is 10.0 Å². The van der Waals surface area contributed by atoms with Gasteiger partial charge in [-0.05, 0) is 57.2 Å². The number of anilines is 2. The highest BCUT2D eigenvalue weighted by Gasteiger charge is 2.32. The number of hydrogen-bond acceptors (Lipinski definition) is 7. The summed E-state index contributed by atoms with van der Waals surface area (Å²) in [5.74, 6) is -1.19. The Hall–Kier alpha value is -3.15. The maximum Gasteiger partial charge on any atom is 0.573 e. The lowest BCUT2D eigenvalue weighted by atomic mass is 10.2. The third-order valence-electron chi connectivity index (χ3n) is 4.20. The van der Waals surface area contributed by atoms with Crippen LogP contribution in [0.25, 0.3) is 0 Å². The second kappa shape index (κ2) is 11.3. The number of halogens is 3. The molecule has 0 fully saturated rings. The zero-order chi connectivity index (χ0) is 25.5. The Morgan fingerprint density at radius 3 is 2.18 bits per heavy atom. The molecule has 0 bridgehead atoms. The number of ether oxygens (including phenoxy) is 4. The number of alkyl halides is 3. The van der Waals surface area contributed by atoms with Crippen molar-refractivity contribution in [2.24, 2.45) is 0 Å². The number of carbonyl (C=O) groups excluding carboxylic acids is 1. The number of methoxy groups -OCH3 is 1. The maximum absolute atomic E-state index is 13.3. The third kappa shape index (κ3) is 7.72. The summed E-state index contributed by atoms with van der Waals surface area (Å²) in [6.07, 6.45) is -5.48. The molecule has 0 spiro atoms. The molecule has 34 heavy (non-hydrogen) atoms. The average Bonchev–Trinajstić information content (AvgIpc) is 2.73. The van der Waals surface area contributed by atoms with Crippen LogP contribution in [-0.2, 0) is 19.6 Å². The molecule has 0 aliphatic heterocycles. The standard InChI is InChI=1S/C22H26F3NO7S/c1-5-31-21(27)12-13-34(28,29)26(16-6-9-18(10-7-16)33-22(23,24)25)17-8-11-19(32-15(2)3)20(14-17)30-4/h6-11,14-15H,5,12-13H2,1-4H3. The fraction of sp³-hybridized carbons (Fsp3) is 0.409. The highest BCUT2D eigenvalue weighted by atomic mass is 32.2. The average molecular weight is 506 g/mol. The number of benzene rings is 2. The van der Waals surface area contributed by atoms with Gasteiger partial charge in [0.25, 0.3) is 0 Å². The van der Waals surface area contributed by atoms with Gasteiger partial charge in [0.15, 0.2) is 11.5 Å². The van der Waals surface area contributed by atoms with E-state index in [4.69, 9.17) is 14.2 Å². The number of nitrogens with zero attached hydrogens (tertiary/aromatic N) is 1. The summed E-state index contributed by atoms with van der Waals surface area (Å²) in [7, 11) is -2.79. The highest BCUT2D eigenvalue weighted by molar-refractivity contribution is 7.93. The molecule has 0 atom stereocenters. The van der Waals surface area contributed by atoms with Crippen molar-refractivity contribution in [3.63, 3.8) is 0 Å². The van der Waals surface area contributed by atoms with E-state index < -0.39 is 40.3 Å². The van der Waals surface area contributed by atoms with Crippen molar-refractivity contribution in [2.75, 3.05) is 23.8 Å². The lowest BCUT2D eigenvalue weighted by molar-refractivity contribution is -0.274. The van der Waals surface area contributed by atoms with Gasteiger partial charge in [0.1, 0.15) is 5.75 Å². The van der Waals surface area contributed by atoms with Crippen molar-refractivity contribution in [3.8, 4) is 17.2 Å². The van der Waals surface area contributed by atoms with E-state index >= 15 is 0 Å². The minimum absolute atomic E-state index is 0.0259. The van der Waals surface area contributed by atoms with Gasteiger partial charge in [0.05, 0.1) is 43.4 Å². The molecule has 0 amide bonds. The first-order chi connectivity index (χ1) is 15.9. The van der Waals surface area contributed by atoms with Gasteiger partial charge in [-0.25, -0.2) is 12.7 Å². The fourth-order valence-electron chi connectivity index (χ4n) is 2.92. The molecule has 2 aromatic carbocycles. The molecule has 0 radical (unpaired) electrons. The molecule has 0 saturated carbocycles.